The Morgan fingerprint density at radius 1 is 0.583 bits per heavy atom. The first-order valence-corrected chi connectivity index (χ1v) is 8.44. The topological polar surface area (TPSA) is 15.4 Å². The molecular formula is C22H18N2. The van der Waals surface area contributed by atoms with Gasteiger partial charge in [-0.05, 0) is 16.7 Å². The van der Waals surface area contributed by atoms with Crippen molar-refractivity contribution in [1.82, 2.24) is 4.90 Å². The predicted molar refractivity (Wildman–Crippen MR) is 97.0 cm³/mol. The van der Waals surface area contributed by atoms with Crippen LogP contribution in [0, 0.1) is 0 Å². The number of aliphatic imine (C=N–C) groups is 1. The van der Waals surface area contributed by atoms with Crippen LogP contribution < -0.4 is 0 Å². The molecule has 116 valence electrons. The second-order valence-electron chi connectivity index (χ2n) is 6.41. The van der Waals surface area contributed by atoms with E-state index in [1.165, 1.54) is 22.4 Å². The molecule has 0 bridgehead atoms. The number of hydrogen-bond acceptors (Lipinski definition) is 2. The molecule has 3 aromatic carbocycles. The van der Waals surface area contributed by atoms with Gasteiger partial charge in [0.1, 0.15) is 6.17 Å². The van der Waals surface area contributed by atoms with Crippen molar-refractivity contribution in [3.8, 4) is 0 Å². The molecule has 0 aromatic heterocycles. The van der Waals surface area contributed by atoms with Crippen LogP contribution in [-0.2, 0) is 0 Å². The molecule has 1 saturated heterocycles. The molecule has 2 heteroatoms. The maximum Gasteiger partial charge on any atom is 0.129 e. The van der Waals surface area contributed by atoms with Crippen molar-refractivity contribution >= 4 is 5.71 Å². The minimum atomic E-state index is 0.122. The van der Waals surface area contributed by atoms with Gasteiger partial charge < -0.3 is 0 Å². The van der Waals surface area contributed by atoms with Crippen molar-refractivity contribution in [1.29, 1.82) is 0 Å². The largest absolute Gasteiger partial charge is 0.263 e. The van der Waals surface area contributed by atoms with Gasteiger partial charge in [0.05, 0.1) is 17.8 Å². The van der Waals surface area contributed by atoms with Gasteiger partial charge in [0.15, 0.2) is 0 Å². The molecule has 5 rings (SSSR count). The third-order valence-electron chi connectivity index (χ3n) is 4.98. The highest BCUT2D eigenvalue weighted by molar-refractivity contribution is 6.08. The maximum atomic E-state index is 5.08. The lowest BCUT2D eigenvalue weighted by atomic mass is 10.0. The van der Waals surface area contributed by atoms with E-state index in [2.05, 4.69) is 95.9 Å². The smallest absolute Gasteiger partial charge is 0.129 e. The fraction of sp³-hybridized carbons (Fsp3) is 0.136. The van der Waals surface area contributed by atoms with E-state index >= 15 is 0 Å². The average Bonchev–Trinajstić information content (AvgIpc) is 3.28. The number of fused-ring (bicyclic) bond motifs is 1. The van der Waals surface area contributed by atoms with Crippen LogP contribution >= 0.6 is 0 Å². The molecule has 2 nitrogen and oxygen atoms in total. The lowest BCUT2D eigenvalue weighted by Gasteiger charge is -2.14. The summed E-state index contributed by atoms with van der Waals surface area (Å²) in [4.78, 5) is 7.60. The molecule has 2 aliphatic heterocycles. The highest BCUT2D eigenvalue weighted by atomic mass is 15.5. The van der Waals surface area contributed by atoms with E-state index in [9.17, 15) is 0 Å². The van der Waals surface area contributed by atoms with Gasteiger partial charge in [-0.3, -0.25) is 9.89 Å². The summed E-state index contributed by atoms with van der Waals surface area (Å²) in [6.07, 6.45) is 0.122. The van der Waals surface area contributed by atoms with Crippen LogP contribution in [0.2, 0.25) is 0 Å². The van der Waals surface area contributed by atoms with Crippen molar-refractivity contribution in [2.24, 2.45) is 4.99 Å². The Labute approximate surface area is 142 Å². The van der Waals surface area contributed by atoms with Gasteiger partial charge >= 0.3 is 0 Å². The molecule has 3 aromatic rings. The Balaban J connectivity index is 1.58. The zero-order chi connectivity index (χ0) is 15.9. The maximum absolute atomic E-state index is 5.08. The Hall–Kier alpha value is -2.71. The van der Waals surface area contributed by atoms with Crippen LogP contribution in [0.25, 0.3) is 0 Å². The number of benzene rings is 3. The fourth-order valence-electron chi connectivity index (χ4n) is 3.85. The van der Waals surface area contributed by atoms with Crippen LogP contribution in [0.4, 0.5) is 0 Å². The quantitative estimate of drug-likeness (QED) is 0.645. The summed E-state index contributed by atoms with van der Waals surface area (Å²) in [5.41, 5.74) is 5.11. The van der Waals surface area contributed by atoms with Gasteiger partial charge in [0.2, 0.25) is 0 Å². The molecule has 2 aliphatic rings. The van der Waals surface area contributed by atoms with Gasteiger partial charge in [-0.1, -0.05) is 91.0 Å². The monoisotopic (exact) mass is 310 g/mol. The Bertz CT molecular complexity index is 872. The number of rotatable bonds is 3. The van der Waals surface area contributed by atoms with E-state index in [1.807, 2.05) is 0 Å². The summed E-state index contributed by atoms with van der Waals surface area (Å²) in [5, 5.41) is 0. The highest BCUT2D eigenvalue weighted by Gasteiger charge is 2.59. The van der Waals surface area contributed by atoms with Gasteiger partial charge in [-0.15, -0.1) is 0 Å². The molecule has 0 radical (unpaired) electrons. The molecule has 1 fully saturated rings. The van der Waals surface area contributed by atoms with E-state index in [1.54, 1.807) is 0 Å². The Morgan fingerprint density at radius 2 is 1.12 bits per heavy atom. The number of nitrogens with zero attached hydrogens (tertiary/aromatic N) is 2. The third kappa shape index (κ3) is 2.11. The van der Waals surface area contributed by atoms with Crippen molar-refractivity contribution in [3.63, 3.8) is 0 Å². The molecule has 1 unspecified atom stereocenters. The van der Waals surface area contributed by atoms with E-state index in [0.717, 1.165) is 0 Å². The van der Waals surface area contributed by atoms with E-state index in [0.29, 0.717) is 12.1 Å². The SMILES string of the molecule is c1ccc(C2=N[C@H](c3ccccc3)N3[C@@H]2[C@@H]3c2ccccc2)cc1. The van der Waals surface area contributed by atoms with Crippen molar-refractivity contribution < 1.29 is 0 Å². The average molecular weight is 310 g/mol. The summed E-state index contributed by atoms with van der Waals surface area (Å²) in [5.74, 6) is 0. The van der Waals surface area contributed by atoms with Crippen LogP contribution in [0.3, 0.4) is 0 Å². The highest BCUT2D eigenvalue weighted by Crippen LogP contribution is 2.55. The van der Waals surface area contributed by atoms with Gasteiger partial charge in [-0.25, -0.2) is 0 Å². The third-order valence-corrected chi connectivity index (χ3v) is 4.98. The van der Waals surface area contributed by atoms with E-state index < -0.39 is 0 Å². The molecule has 24 heavy (non-hydrogen) atoms. The Kier molecular flexibility index (Phi) is 3.10. The van der Waals surface area contributed by atoms with Gasteiger partial charge in [0, 0.05) is 0 Å². The zero-order valence-electron chi connectivity index (χ0n) is 13.3. The normalized spacial score (nSPS) is 27.4. The second kappa shape index (κ2) is 5.43. The minimum absolute atomic E-state index is 0.122. The summed E-state index contributed by atoms with van der Waals surface area (Å²) < 4.78 is 0. The second-order valence-corrected chi connectivity index (χ2v) is 6.41. The number of hydrogen-bond donors (Lipinski definition) is 0. The molecule has 4 atom stereocenters. The standard InChI is InChI=1S/C22H18N2/c1-4-10-16(11-5-1)19-21-20(17-12-6-2-7-13-17)24(21)22(23-19)18-14-8-3-9-15-18/h1-15,20-22H/t20-,21-,22-,24?/m0/s1. The van der Waals surface area contributed by atoms with E-state index in [-0.39, 0.29) is 6.17 Å². The van der Waals surface area contributed by atoms with Crippen LogP contribution in [0.5, 0.6) is 0 Å². The van der Waals surface area contributed by atoms with Gasteiger partial charge in [0.25, 0.3) is 0 Å². The van der Waals surface area contributed by atoms with Crippen molar-refractivity contribution in [3.05, 3.63) is 108 Å². The lowest BCUT2D eigenvalue weighted by molar-refractivity contribution is 0.404. The first-order valence-electron chi connectivity index (χ1n) is 8.44. The lowest BCUT2D eigenvalue weighted by Crippen LogP contribution is -2.08. The summed E-state index contributed by atoms with van der Waals surface area (Å²) in [7, 11) is 0. The summed E-state index contributed by atoms with van der Waals surface area (Å²) >= 11 is 0. The minimum Gasteiger partial charge on any atom is -0.263 e. The Morgan fingerprint density at radius 3 is 1.75 bits per heavy atom. The first-order chi connectivity index (χ1) is 11.9. The molecule has 0 amide bonds. The van der Waals surface area contributed by atoms with Crippen molar-refractivity contribution in [2.75, 3.05) is 0 Å². The van der Waals surface area contributed by atoms with Crippen LogP contribution in [-0.4, -0.2) is 16.7 Å². The van der Waals surface area contributed by atoms with E-state index in [4.69, 9.17) is 4.99 Å². The van der Waals surface area contributed by atoms with Crippen LogP contribution in [0.1, 0.15) is 28.9 Å². The molecular weight excluding hydrogens is 292 g/mol. The first kappa shape index (κ1) is 13.7. The molecule has 0 spiro atoms. The molecule has 2 heterocycles. The summed E-state index contributed by atoms with van der Waals surface area (Å²) in [6, 6.07) is 32.8. The predicted octanol–water partition coefficient (Wildman–Crippen LogP) is 4.61. The zero-order valence-corrected chi connectivity index (χ0v) is 13.3. The van der Waals surface area contributed by atoms with Crippen molar-refractivity contribution in [2.45, 2.75) is 18.2 Å². The summed E-state index contributed by atoms with van der Waals surface area (Å²) in [6.45, 7) is 0. The van der Waals surface area contributed by atoms with Crippen LogP contribution in [0.15, 0.2) is 96.0 Å². The fourth-order valence-corrected chi connectivity index (χ4v) is 3.85. The molecule has 0 N–H and O–H groups in total. The van der Waals surface area contributed by atoms with Gasteiger partial charge in [-0.2, -0.15) is 0 Å². The molecule has 0 saturated carbocycles. The molecule has 0 aliphatic carbocycles.